The van der Waals surface area contributed by atoms with E-state index < -0.39 is 10.0 Å². The quantitative estimate of drug-likeness (QED) is 0.856. The van der Waals surface area contributed by atoms with Gasteiger partial charge in [-0.2, -0.15) is 0 Å². The second-order valence-corrected chi connectivity index (χ2v) is 7.85. The van der Waals surface area contributed by atoms with E-state index in [-0.39, 0.29) is 17.7 Å². The Morgan fingerprint density at radius 3 is 2.44 bits per heavy atom. The fourth-order valence-electron chi connectivity index (χ4n) is 2.91. The van der Waals surface area contributed by atoms with Crippen LogP contribution in [-0.2, 0) is 20.5 Å². The number of hydrogen-bond acceptors (Lipinski definition) is 4. The predicted octanol–water partition coefficient (Wildman–Crippen LogP) is 2.99. The van der Waals surface area contributed by atoms with E-state index in [1.165, 1.54) is 24.3 Å². The molecule has 1 heterocycles. The van der Waals surface area contributed by atoms with Gasteiger partial charge in [-0.15, -0.1) is 0 Å². The van der Waals surface area contributed by atoms with Crippen molar-refractivity contribution in [1.29, 1.82) is 0 Å². The lowest BCUT2D eigenvalue weighted by Crippen LogP contribution is -2.22. The second kappa shape index (κ2) is 7.41. The minimum Gasteiger partial charge on any atom is -0.380 e. The summed E-state index contributed by atoms with van der Waals surface area (Å²) < 4.78 is 45.3. The lowest BCUT2D eigenvalue weighted by Gasteiger charge is -2.18. The van der Waals surface area contributed by atoms with Crippen molar-refractivity contribution < 1.29 is 17.5 Å². The molecule has 7 heteroatoms. The number of hydrogen-bond donors (Lipinski definition) is 1. The molecule has 0 saturated carbocycles. The lowest BCUT2D eigenvalue weighted by atomic mass is 10.2. The highest BCUT2D eigenvalue weighted by molar-refractivity contribution is 7.91. The maximum absolute atomic E-state index is 12.9. The number of sulfonamides is 1. The summed E-state index contributed by atoms with van der Waals surface area (Å²) in [5, 5.41) is 0. The zero-order chi connectivity index (χ0) is 17.9. The summed E-state index contributed by atoms with van der Waals surface area (Å²) in [4.78, 5) is 2.21. The molecule has 0 aromatic heterocycles. The van der Waals surface area contributed by atoms with Crippen LogP contribution >= 0.6 is 0 Å². The van der Waals surface area contributed by atoms with Gasteiger partial charge in [-0.1, -0.05) is 12.1 Å². The molecule has 1 saturated heterocycles. The van der Waals surface area contributed by atoms with Crippen LogP contribution in [0.25, 0.3) is 0 Å². The fraction of sp³-hybridized carbons (Fsp3) is 0.333. The van der Waals surface area contributed by atoms with Gasteiger partial charge in [0.15, 0.2) is 0 Å². The normalized spacial score (nSPS) is 17.7. The van der Waals surface area contributed by atoms with Crippen LogP contribution in [0, 0.1) is 5.82 Å². The van der Waals surface area contributed by atoms with E-state index in [4.69, 9.17) is 4.74 Å². The van der Waals surface area contributed by atoms with Gasteiger partial charge in [0, 0.05) is 31.6 Å². The Morgan fingerprint density at radius 1 is 1.16 bits per heavy atom. The molecule has 0 spiro atoms. The van der Waals surface area contributed by atoms with Crippen molar-refractivity contribution in [2.45, 2.75) is 18.3 Å². The van der Waals surface area contributed by atoms with Gasteiger partial charge >= 0.3 is 0 Å². The molecule has 0 amide bonds. The molecule has 1 unspecified atom stereocenters. The number of nitrogens with zero attached hydrogens (tertiary/aromatic N) is 1. The minimum atomic E-state index is -3.55. The van der Waals surface area contributed by atoms with Gasteiger partial charge in [-0.05, 0) is 48.4 Å². The fourth-order valence-corrected chi connectivity index (χ4v) is 4.11. The number of ether oxygens (including phenoxy) is 1. The smallest absolute Gasteiger partial charge is 0.236 e. The number of methoxy groups -OCH3 is 1. The Hall–Kier alpha value is -2.12. The Balaban J connectivity index is 1.63. The van der Waals surface area contributed by atoms with Crippen LogP contribution in [0.5, 0.6) is 0 Å². The molecule has 5 nitrogen and oxygen atoms in total. The third-order valence-electron chi connectivity index (χ3n) is 4.25. The average Bonchev–Trinajstić information content (AvgIpc) is 3.06. The van der Waals surface area contributed by atoms with Crippen molar-refractivity contribution >= 4 is 21.4 Å². The first-order valence-corrected chi connectivity index (χ1v) is 9.73. The van der Waals surface area contributed by atoms with E-state index in [0.717, 1.165) is 25.2 Å². The highest BCUT2D eigenvalue weighted by Crippen LogP contribution is 2.24. The average molecular weight is 364 g/mol. The monoisotopic (exact) mass is 364 g/mol. The van der Waals surface area contributed by atoms with E-state index in [0.29, 0.717) is 11.3 Å². The van der Waals surface area contributed by atoms with Gasteiger partial charge in [0.1, 0.15) is 5.82 Å². The number of nitrogens with one attached hydrogen (secondary N) is 1. The summed E-state index contributed by atoms with van der Waals surface area (Å²) in [5.74, 6) is -0.584. The van der Waals surface area contributed by atoms with Gasteiger partial charge in [-0.25, -0.2) is 12.8 Å². The molecule has 134 valence electrons. The number of rotatable bonds is 6. The summed E-state index contributed by atoms with van der Waals surface area (Å²) in [7, 11) is -1.84. The Kier molecular flexibility index (Phi) is 5.24. The van der Waals surface area contributed by atoms with Crippen LogP contribution in [0.15, 0.2) is 48.5 Å². The van der Waals surface area contributed by atoms with Crippen molar-refractivity contribution in [3.05, 3.63) is 59.9 Å². The molecular weight excluding hydrogens is 343 g/mol. The van der Waals surface area contributed by atoms with Crippen molar-refractivity contribution in [3.8, 4) is 0 Å². The summed E-state index contributed by atoms with van der Waals surface area (Å²) in [5.41, 5.74) is 2.09. The van der Waals surface area contributed by atoms with Crippen molar-refractivity contribution in [1.82, 2.24) is 0 Å². The Morgan fingerprint density at radius 2 is 1.84 bits per heavy atom. The van der Waals surface area contributed by atoms with Crippen molar-refractivity contribution in [2.75, 3.05) is 29.8 Å². The summed E-state index contributed by atoms with van der Waals surface area (Å²) >= 11 is 0. The molecule has 25 heavy (non-hydrogen) atoms. The molecule has 1 fully saturated rings. The van der Waals surface area contributed by atoms with Gasteiger partial charge in [-0.3, -0.25) is 4.72 Å². The SMILES string of the molecule is COC1CCN(c2ccc(NS(=O)(=O)Cc3ccc(F)cc3)cc2)C1. The molecule has 1 aliphatic rings. The van der Waals surface area contributed by atoms with E-state index >= 15 is 0 Å². The van der Waals surface area contributed by atoms with E-state index in [9.17, 15) is 12.8 Å². The van der Waals surface area contributed by atoms with E-state index in [2.05, 4.69) is 9.62 Å². The number of halogens is 1. The second-order valence-electron chi connectivity index (χ2n) is 6.13. The molecule has 2 aromatic rings. The van der Waals surface area contributed by atoms with Crippen LogP contribution in [0.1, 0.15) is 12.0 Å². The molecule has 2 aromatic carbocycles. The highest BCUT2D eigenvalue weighted by Gasteiger charge is 2.22. The molecule has 0 radical (unpaired) electrons. The van der Waals surface area contributed by atoms with Crippen LogP contribution in [-0.4, -0.2) is 34.7 Å². The topological polar surface area (TPSA) is 58.6 Å². The van der Waals surface area contributed by atoms with Gasteiger partial charge < -0.3 is 9.64 Å². The third-order valence-corrected chi connectivity index (χ3v) is 5.51. The lowest BCUT2D eigenvalue weighted by molar-refractivity contribution is 0.121. The largest absolute Gasteiger partial charge is 0.380 e. The Labute approximate surface area is 147 Å². The van der Waals surface area contributed by atoms with Crippen LogP contribution in [0.3, 0.4) is 0 Å². The molecule has 3 rings (SSSR count). The maximum Gasteiger partial charge on any atom is 0.236 e. The molecular formula is C18H21FN2O3S. The first-order valence-electron chi connectivity index (χ1n) is 8.08. The molecule has 0 bridgehead atoms. The summed E-state index contributed by atoms with van der Waals surface area (Å²) in [6.45, 7) is 1.76. The Bertz CT molecular complexity index is 807. The zero-order valence-corrected chi connectivity index (χ0v) is 14.8. The van der Waals surface area contributed by atoms with Crippen LogP contribution in [0.2, 0.25) is 0 Å². The highest BCUT2D eigenvalue weighted by atomic mass is 32.2. The third kappa shape index (κ3) is 4.70. The minimum absolute atomic E-state index is 0.198. The standard InChI is InChI=1S/C18H21FN2O3S/c1-24-18-10-11-21(12-18)17-8-6-16(7-9-17)20-25(22,23)13-14-2-4-15(19)5-3-14/h2-9,18,20H,10-13H2,1H3. The van der Waals surface area contributed by atoms with Gasteiger partial charge in [0.25, 0.3) is 0 Å². The van der Waals surface area contributed by atoms with Crippen molar-refractivity contribution in [2.24, 2.45) is 0 Å². The van der Waals surface area contributed by atoms with E-state index in [1.807, 2.05) is 12.1 Å². The van der Waals surface area contributed by atoms with Crippen LogP contribution in [0.4, 0.5) is 15.8 Å². The van der Waals surface area contributed by atoms with Gasteiger partial charge in [0.2, 0.25) is 10.0 Å². The zero-order valence-electron chi connectivity index (χ0n) is 14.0. The first kappa shape index (κ1) is 17.7. The predicted molar refractivity (Wildman–Crippen MR) is 96.7 cm³/mol. The van der Waals surface area contributed by atoms with Crippen LogP contribution < -0.4 is 9.62 Å². The summed E-state index contributed by atoms with van der Waals surface area (Å²) in [6, 6.07) is 12.7. The molecule has 1 N–H and O–H groups in total. The van der Waals surface area contributed by atoms with E-state index in [1.54, 1.807) is 19.2 Å². The molecule has 1 atom stereocenters. The van der Waals surface area contributed by atoms with Crippen molar-refractivity contribution in [3.63, 3.8) is 0 Å². The molecule has 0 aliphatic carbocycles. The summed E-state index contributed by atoms with van der Waals surface area (Å²) in [6.07, 6.45) is 1.23. The van der Waals surface area contributed by atoms with Gasteiger partial charge in [0.05, 0.1) is 11.9 Å². The number of benzene rings is 2. The number of anilines is 2. The maximum atomic E-state index is 12.9. The first-order chi connectivity index (χ1) is 11.9. The molecule has 1 aliphatic heterocycles.